The number of aliphatic hydroxyl groups is 3. The Labute approximate surface area is 395 Å². The molecule has 0 spiro atoms. The number of carbonyl (C=O) groups excluding carboxylic acids is 1. The van der Waals surface area contributed by atoms with Crippen molar-refractivity contribution in [1.82, 2.24) is 5.32 Å². The number of hydrogen-bond acceptors (Lipinski definition) is 4. The van der Waals surface area contributed by atoms with Crippen molar-refractivity contribution in [2.45, 2.75) is 347 Å². The van der Waals surface area contributed by atoms with Gasteiger partial charge in [-0.3, -0.25) is 4.79 Å². The fourth-order valence-electron chi connectivity index (χ4n) is 9.40. The molecular formula is C58H115NO4. The topological polar surface area (TPSA) is 89.8 Å². The number of carbonyl (C=O) groups is 1. The minimum absolute atomic E-state index is 0.0196. The van der Waals surface area contributed by atoms with Crippen molar-refractivity contribution in [3.8, 4) is 0 Å². The van der Waals surface area contributed by atoms with E-state index in [9.17, 15) is 20.1 Å². The highest BCUT2D eigenvalue weighted by molar-refractivity contribution is 5.76. The zero-order chi connectivity index (χ0) is 45.8. The van der Waals surface area contributed by atoms with Crippen LogP contribution in [0.4, 0.5) is 0 Å². The van der Waals surface area contributed by atoms with Crippen LogP contribution in [0.3, 0.4) is 0 Å². The van der Waals surface area contributed by atoms with Gasteiger partial charge in [-0.2, -0.15) is 0 Å². The SMILES string of the molecule is CCCCCCCCCCCCCCCCCCCC/C=C/C(O)C(CO)NC(=O)CC(O)CCCCCCCCCCCCCCCCCCCCCCCCCCCCCC. The van der Waals surface area contributed by atoms with Crippen LogP contribution >= 0.6 is 0 Å². The third-order valence-electron chi connectivity index (χ3n) is 13.8. The molecule has 0 aromatic carbocycles. The molecule has 0 radical (unpaired) electrons. The normalized spacial score (nSPS) is 13.3. The van der Waals surface area contributed by atoms with Crippen molar-refractivity contribution in [2.24, 2.45) is 0 Å². The Morgan fingerprint density at radius 2 is 0.651 bits per heavy atom. The number of nitrogens with one attached hydrogen (secondary N) is 1. The van der Waals surface area contributed by atoms with Crippen LogP contribution in [0.2, 0.25) is 0 Å². The summed E-state index contributed by atoms with van der Waals surface area (Å²) in [5, 5.41) is 33.5. The standard InChI is InChI=1S/C58H115NO4/c1-3-5-7-9-11-13-15-17-19-21-23-25-26-27-28-29-30-31-32-33-35-37-39-41-43-45-47-49-51-55(61)53-58(63)59-56(54-60)57(62)52-50-48-46-44-42-40-38-36-34-24-22-20-18-16-14-12-10-8-6-4-2/h50,52,55-57,60-62H,3-49,51,53-54H2,1-2H3,(H,59,63)/b52-50+. The van der Waals surface area contributed by atoms with Crippen molar-refractivity contribution >= 4 is 5.91 Å². The van der Waals surface area contributed by atoms with E-state index in [-0.39, 0.29) is 18.9 Å². The molecule has 3 unspecified atom stereocenters. The van der Waals surface area contributed by atoms with E-state index in [0.717, 1.165) is 25.7 Å². The first-order chi connectivity index (χ1) is 31.0. The lowest BCUT2D eigenvalue weighted by Gasteiger charge is -2.21. The second kappa shape index (κ2) is 53.7. The van der Waals surface area contributed by atoms with E-state index < -0.39 is 18.2 Å². The molecule has 5 heteroatoms. The average molecular weight is 891 g/mol. The van der Waals surface area contributed by atoms with Crippen LogP contribution in [0.1, 0.15) is 328 Å². The van der Waals surface area contributed by atoms with Gasteiger partial charge in [0.05, 0.1) is 31.3 Å². The fourth-order valence-corrected chi connectivity index (χ4v) is 9.40. The van der Waals surface area contributed by atoms with Gasteiger partial charge in [0, 0.05) is 0 Å². The molecule has 0 fully saturated rings. The number of hydrogen-bond donors (Lipinski definition) is 4. The number of amides is 1. The van der Waals surface area contributed by atoms with Gasteiger partial charge in [0.1, 0.15) is 0 Å². The summed E-state index contributed by atoms with van der Waals surface area (Å²) >= 11 is 0. The van der Waals surface area contributed by atoms with Gasteiger partial charge >= 0.3 is 0 Å². The van der Waals surface area contributed by atoms with E-state index in [4.69, 9.17) is 0 Å². The van der Waals surface area contributed by atoms with Gasteiger partial charge in [-0.1, -0.05) is 315 Å². The summed E-state index contributed by atoms with van der Waals surface area (Å²) in [6.07, 6.45) is 66.9. The van der Waals surface area contributed by atoms with Crippen molar-refractivity contribution in [2.75, 3.05) is 6.61 Å². The van der Waals surface area contributed by atoms with E-state index in [1.54, 1.807) is 6.08 Å². The lowest BCUT2D eigenvalue weighted by molar-refractivity contribution is -0.124. The molecule has 0 aliphatic rings. The zero-order valence-electron chi connectivity index (χ0n) is 43.0. The molecule has 1 amide bonds. The van der Waals surface area contributed by atoms with Gasteiger partial charge in [-0.15, -0.1) is 0 Å². The van der Waals surface area contributed by atoms with Crippen LogP contribution in [0.15, 0.2) is 12.2 Å². The quantitative estimate of drug-likeness (QED) is 0.0362. The van der Waals surface area contributed by atoms with E-state index in [1.807, 2.05) is 6.08 Å². The third kappa shape index (κ3) is 50.3. The Bertz CT molecular complexity index is 894. The van der Waals surface area contributed by atoms with Crippen LogP contribution in [0, 0.1) is 0 Å². The third-order valence-corrected chi connectivity index (χ3v) is 13.8. The predicted molar refractivity (Wildman–Crippen MR) is 278 cm³/mol. The number of allylic oxidation sites excluding steroid dienone is 1. The van der Waals surface area contributed by atoms with Crippen molar-refractivity contribution in [3.63, 3.8) is 0 Å². The first-order valence-electron chi connectivity index (χ1n) is 29.0. The van der Waals surface area contributed by atoms with Gasteiger partial charge in [0.25, 0.3) is 0 Å². The summed E-state index contributed by atoms with van der Waals surface area (Å²) in [5.41, 5.74) is 0. The van der Waals surface area contributed by atoms with Crippen LogP contribution in [-0.4, -0.2) is 46.1 Å². The van der Waals surface area contributed by atoms with Crippen LogP contribution < -0.4 is 5.32 Å². The van der Waals surface area contributed by atoms with E-state index in [1.165, 1.54) is 276 Å². The minimum Gasteiger partial charge on any atom is -0.394 e. The van der Waals surface area contributed by atoms with Crippen LogP contribution in [0.25, 0.3) is 0 Å². The lowest BCUT2D eigenvalue weighted by atomic mass is 10.0. The second-order valence-electron chi connectivity index (χ2n) is 20.3. The summed E-state index contributed by atoms with van der Waals surface area (Å²) in [5.74, 6) is -0.308. The van der Waals surface area contributed by atoms with Gasteiger partial charge in [-0.05, 0) is 19.3 Å². The van der Waals surface area contributed by atoms with Crippen molar-refractivity contribution in [3.05, 3.63) is 12.2 Å². The maximum Gasteiger partial charge on any atom is 0.222 e. The molecule has 0 aromatic heterocycles. The van der Waals surface area contributed by atoms with Crippen LogP contribution in [-0.2, 0) is 4.79 Å². The largest absolute Gasteiger partial charge is 0.394 e. The highest BCUT2D eigenvalue weighted by atomic mass is 16.3. The fraction of sp³-hybridized carbons (Fsp3) is 0.948. The Balaban J connectivity index is 3.51. The van der Waals surface area contributed by atoms with E-state index >= 15 is 0 Å². The smallest absolute Gasteiger partial charge is 0.222 e. The molecule has 4 N–H and O–H groups in total. The molecule has 0 saturated heterocycles. The molecule has 3 atom stereocenters. The number of aliphatic hydroxyl groups excluding tert-OH is 3. The monoisotopic (exact) mass is 890 g/mol. The predicted octanol–water partition coefficient (Wildman–Crippen LogP) is 17.9. The maximum absolute atomic E-state index is 12.5. The van der Waals surface area contributed by atoms with Crippen molar-refractivity contribution in [1.29, 1.82) is 0 Å². The first kappa shape index (κ1) is 62.1. The second-order valence-corrected chi connectivity index (χ2v) is 20.3. The Morgan fingerprint density at radius 1 is 0.397 bits per heavy atom. The highest BCUT2D eigenvalue weighted by Crippen LogP contribution is 2.18. The summed E-state index contributed by atoms with van der Waals surface area (Å²) in [7, 11) is 0. The molecule has 0 aliphatic heterocycles. The molecule has 0 aliphatic carbocycles. The van der Waals surface area contributed by atoms with E-state index in [2.05, 4.69) is 19.2 Å². The van der Waals surface area contributed by atoms with E-state index in [0.29, 0.717) is 6.42 Å². The Hall–Kier alpha value is -0.910. The van der Waals surface area contributed by atoms with Crippen molar-refractivity contribution < 1.29 is 20.1 Å². The molecule has 376 valence electrons. The first-order valence-corrected chi connectivity index (χ1v) is 29.0. The molecule has 0 aromatic rings. The molecule has 63 heavy (non-hydrogen) atoms. The molecule has 0 bridgehead atoms. The summed E-state index contributed by atoms with van der Waals surface area (Å²) in [6.45, 7) is 4.26. The number of unbranched alkanes of at least 4 members (excludes halogenated alkanes) is 45. The number of rotatable bonds is 54. The molecule has 0 saturated carbocycles. The summed E-state index contributed by atoms with van der Waals surface area (Å²) in [6, 6.07) is -0.741. The van der Waals surface area contributed by atoms with Gasteiger partial charge in [0.15, 0.2) is 0 Å². The Morgan fingerprint density at radius 3 is 0.921 bits per heavy atom. The average Bonchev–Trinajstić information content (AvgIpc) is 3.28. The van der Waals surface area contributed by atoms with Gasteiger partial charge in [-0.25, -0.2) is 0 Å². The Kier molecular flexibility index (Phi) is 52.9. The van der Waals surface area contributed by atoms with Gasteiger partial charge < -0.3 is 20.6 Å². The zero-order valence-corrected chi connectivity index (χ0v) is 43.0. The molecule has 0 rings (SSSR count). The molecule has 0 heterocycles. The minimum atomic E-state index is -0.926. The summed E-state index contributed by atoms with van der Waals surface area (Å²) in [4.78, 5) is 12.5. The highest BCUT2D eigenvalue weighted by Gasteiger charge is 2.20. The molecular weight excluding hydrogens is 775 g/mol. The lowest BCUT2D eigenvalue weighted by Crippen LogP contribution is -2.45. The van der Waals surface area contributed by atoms with Crippen LogP contribution in [0.5, 0.6) is 0 Å². The summed E-state index contributed by atoms with van der Waals surface area (Å²) < 4.78 is 0. The maximum atomic E-state index is 12.5. The van der Waals surface area contributed by atoms with Gasteiger partial charge in [0.2, 0.25) is 5.91 Å². The molecule has 5 nitrogen and oxygen atoms in total.